The number of rotatable bonds is 4. The van der Waals surface area contributed by atoms with Crippen LogP contribution in [0, 0.1) is 0 Å². The van der Waals surface area contributed by atoms with E-state index in [9.17, 15) is 0 Å². The quantitative estimate of drug-likeness (QED) is 0.911. The molecule has 0 radical (unpaired) electrons. The zero-order chi connectivity index (χ0) is 13.4. The number of aromatic nitrogens is 2. The first-order chi connectivity index (χ1) is 9.92. The molecule has 0 amide bonds. The third-order valence-electron chi connectivity index (χ3n) is 4.97. The van der Waals surface area contributed by atoms with E-state index in [4.69, 9.17) is 0 Å². The second-order valence-electron chi connectivity index (χ2n) is 6.50. The van der Waals surface area contributed by atoms with Gasteiger partial charge in [0.05, 0.1) is 0 Å². The molecule has 2 heterocycles. The fourth-order valence-electron chi connectivity index (χ4n) is 3.67. The van der Waals surface area contributed by atoms with Gasteiger partial charge in [0.1, 0.15) is 12.1 Å². The van der Waals surface area contributed by atoms with Gasteiger partial charge in [0.2, 0.25) is 0 Å². The number of nitrogens with one attached hydrogen (secondary N) is 1. The van der Waals surface area contributed by atoms with Crippen LogP contribution in [-0.2, 0) is 12.8 Å². The van der Waals surface area contributed by atoms with Crippen LogP contribution in [0.5, 0.6) is 0 Å². The normalized spacial score (nSPS) is 25.8. The van der Waals surface area contributed by atoms with E-state index >= 15 is 0 Å². The lowest BCUT2D eigenvalue weighted by atomic mass is 10.0. The molecule has 1 unspecified atom stereocenters. The Morgan fingerprint density at radius 1 is 1.10 bits per heavy atom. The lowest BCUT2D eigenvalue weighted by Crippen LogP contribution is -2.46. The van der Waals surface area contributed by atoms with Crippen LogP contribution in [-0.4, -0.2) is 35.1 Å². The number of nitrogens with zero attached hydrogens (tertiary/aromatic N) is 3. The highest BCUT2D eigenvalue weighted by Crippen LogP contribution is 2.32. The van der Waals surface area contributed by atoms with Gasteiger partial charge in [-0.3, -0.25) is 0 Å². The van der Waals surface area contributed by atoms with E-state index < -0.39 is 0 Å². The van der Waals surface area contributed by atoms with Crippen LogP contribution in [0.1, 0.15) is 49.8 Å². The SMILES string of the molecule is c1nc2c(c(N3CCCCC3CNC3CC3)n1)CCC2. The first-order valence-corrected chi connectivity index (χ1v) is 8.24. The highest BCUT2D eigenvalue weighted by atomic mass is 15.2. The molecule has 4 nitrogen and oxygen atoms in total. The molecule has 1 atom stereocenters. The molecule has 1 aromatic rings. The third kappa shape index (κ3) is 2.41. The van der Waals surface area contributed by atoms with Crippen molar-refractivity contribution in [1.29, 1.82) is 0 Å². The Kier molecular flexibility index (Phi) is 3.34. The lowest BCUT2D eigenvalue weighted by Gasteiger charge is -2.37. The molecule has 0 bridgehead atoms. The van der Waals surface area contributed by atoms with Crippen LogP contribution in [0.3, 0.4) is 0 Å². The monoisotopic (exact) mass is 272 g/mol. The number of hydrogen-bond acceptors (Lipinski definition) is 4. The van der Waals surface area contributed by atoms with Crippen molar-refractivity contribution < 1.29 is 0 Å². The molecule has 4 rings (SSSR count). The molecule has 1 N–H and O–H groups in total. The minimum Gasteiger partial charge on any atom is -0.352 e. The molecule has 108 valence electrons. The van der Waals surface area contributed by atoms with Gasteiger partial charge >= 0.3 is 0 Å². The summed E-state index contributed by atoms with van der Waals surface area (Å²) in [5.74, 6) is 1.25. The molecule has 1 saturated carbocycles. The summed E-state index contributed by atoms with van der Waals surface area (Å²) in [4.78, 5) is 11.7. The predicted molar refractivity (Wildman–Crippen MR) is 80.1 cm³/mol. The number of fused-ring (bicyclic) bond motifs is 1. The van der Waals surface area contributed by atoms with Crippen LogP contribution >= 0.6 is 0 Å². The van der Waals surface area contributed by atoms with Gasteiger partial charge in [0.15, 0.2) is 0 Å². The Morgan fingerprint density at radius 2 is 2.05 bits per heavy atom. The Bertz CT molecular complexity index is 483. The van der Waals surface area contributed by atoms with Crippen molar-refractivity contribution in [3.8, 4) is 0 Å². The summed E-state index contributed by atoms with van der Waals surface area (Å²) in [6.07, 6.45) is 12.1. The third-order valence-corrected chi connectivity index (χ3v) is 4.97. The first kappa shape index (κ1) is 12.6. The average Bonchev–Trinajstić information content (AvgIpc) is 3.20. The minimum absolute atomic E-state index is 0.629. The lowest BCUT2D eigenvalue weighted by molar-refractivity contribution is 0.430. The molecule has 20 heavy (non-hydrogen) atoms. The molecule has 4 heteroatoms. The molecule has 3 aliphatic rings. The predicted octanol–water partition coefficient (Wildman–Crippen LogP) is 2.08. The fourth-order valence-corrected chi connectivity index (χ4v) is 3.67. The van der Waals surface area contributed by atoms with Gasteiger partial charge in [-0.15, -0.1) is 0 Å². The van der Waals surface area contributed by atoms with Gasteiger partial charge in [-0.2, -0.15) is 0 Å². The summed E-state index contributed by atoms with van der Waals surface area (Å²) >= 11 is 0. The number of aryl methyl sites for hydroxylation is 1. The summed E-state index contributed by atoms with van der Waals surface area (Å²) in [6.45, 7) is 2.30. The van der Waals surface area contributed by atoms with Gasteiger partial charge in [-0.25, -0.2) is 9.97 Å². The van der Waals surface area contributed by atoms with E-state index in [0.717, 1.165) is 19.0 Å². The summed E-state index contributed by atoms with van der Waals surface area (Å²) < 4.78 is 0. The van der Waals surface area contributed by atoms with Gasteiger partial charge in [0, 0.05) is 36.4 Å². The second-order valence-corrected chi connectivity index (χ2v) is 6.50. The highest BCUT2D eigenvalue weighted by Gasteiger charge is 2.29. The maximum absolute atomic E-state index is 4.65. The molecular weight excluding hydrogens is 248 g/mol. The Morgan fingerprint density at radius 3 is 2.95 bits per heavy atom. The van der Waals surface area contributed by atoms with Crippen LogP contribution in [0.15, 0.2) is 6.33 Å². The molecule has 1 aliphatic heterocycles. The first-order valence-electron chi connectivity index (χ1n) is 8.24. The second kappa shape index (κ2) is 5.32. The Labute approximate surface area is 121 Å². The summed E-state index contributed by atoms with van der Waals surface area (Å²) in [5, 5.41) is 3.71. The fraction of sp³-hybridized carbons (Fsp3) is 0.750. The zero-order valence-electron chi connectivity index (χ0n) is 12.1. The minimum atomic E-state index is 0.629. The van der Waals surface area contributed by atoms with Crippen molar-refractivity contribution in [1.82, 2.24) is 15.3 Å². The molecule has 1 aromatic heterocycles. The largest absolute Gasteiger partial charge is 0.352 e. The molecule has 1 saturated heterocycles. The average molecular weight is 272 g/mol. The van der Waals surface area contributed by atoms with E-state index in [2.05, 4.69) is 20.2 Å². The smallest absolute Gasteiger partial charge is 0.135 e. The van der Waals surface area contributed by atoms with Gasteiger partial charge in [-0.05, 0) is 51.4 Å². The van der Waals surface area contributed by atoms with E-state index in [1.165, 1.54) is 68.6 Å². The Hall–Kier alpha value is -1.16. The molecule has 2 aliphatic carbocycles. The van der Waals surface area contributed by atoms with E-state index in [1.54, 1.807) is 6.33 Å². The molecule has 0 aromatic carbocycles. The van der Waals surface area contributed by atoms with Gasteiger partial charge in [-0.1, -0.05) is 0 Å². The summed E-state index contributed by atoms with van der Waals surface area (Å²) in [6, 6.07) is 1.43. The number of anilines is 1. The standard InChI is InChI=1S/C16H24N4/c1-2-9-20(13(4-1)10-17-12-7-8-12)16-14-5-3-6-15(14)18-11-19-16/h11-13,17H,1-10H2. The van der Waals surface area contributed by atoms with Crippen molar-refractivity contribution >= 4 is 5.82 Å². The maximum Gasteiger partial charge on any atom is 0.135 e. The number of piperidine rings is 1. The maximum atomic E-state index is 4.65. The molecule has 2 fully saturated rings. The van der Waals surface area contributed by atoms with Crippen LogP contribution in [0.2, 0.25) is 0 Å². The van der Waals surface area contributed by atoms with Crippen LogP contribution < -0.4 is 10.2 Å². The van der Waals surface area contributed by atoms with E-state index in [-0.39, 0.29) is 0 Å². The molecule has 0 spiro atoms. The Balaban J connectivity index is 1.56. The van der Waals surface area contributed by atoms with Gasteiger partial charge < -0.3 is 10.2 Å². The van der Waals surface area contributed by atoms with E-state index in [1.807, 2.05) is 0 Å². The summed E-state index contributed by atoms with van der Waals surface area (Å²) in [7, 11) is 0. The van der Waals surface area contributed by atoms with Crippen LogP contribution in [0.4, 0.5) is 5.82 Å². The van der Waals surface area contributed by atoms with Gasteiger partial charge in [0.25, 0.3) is 0 Å². The zero-order valence-corrected chi connectivity index (χ0v) is 12.1. The topological polar surface area (TPSA) is 41.1 Å². The van der Waals surface area contributed by atoms with Crippen molar-refractivity contribution in [2.45, 2.75) is 63.5 Å². The molecular formula is C16H24N4. The summed E-state index contributed by atoms with van der Waals surface area (Å²) in [5.41, 5.74) is 2.74. The highest BCUT2D eigenvalue weighted by molar-refractivity contribution is 5.51. The van der Waals surface area contributed by atoms with Crippen molar-refractivity contribution in [3.05, 3.63) is 17.6 Å². The van der Waals surface area contributed by atoms with Crippen molar-refractivity contribution in [2.75, 3.05) is 18.0 Å². The number of hydrogen-bond donors (Lipinski definition) is 1. The van der Waals surface area contributed by atoms with Crippen molar-refractivity contribution in [2.24, 2.45) is 0 Å². The van der Waals surface area contributed by atoms with Crippen LogP contribution in [0.25, 0.3) is 0 Å². The van der Waals surface area contributed by atoms with E-state index in [0.29, 0.717) is 6.04 Å². The van der Waals surface area contributed by atoms with Crippen molar-refractivity contribution in [3.63, 3.8) is 0 Å².